The molecular weight excluding hydrogens is 434 g/mol. The zero-order valence-electron chi connectivity index (χ0n) is 15.9. The highest BCUT2D eigenvalue weighted by atomic mass is 35.5. The zero-order chi connectivity index (χ0) is 21.1. The van der Waals surface area contributed by atoms with Gasteiger partial charge in [0.1, 0.15) is 4.83 Å². The first-order chi connectivity index (χ1) is 13.8. The molecular formula is C19H18ClN3O4S2. The number of amides is 2. The second-order valence-corrected chi connectivity index (χ2v) is 8.61. The number of alkyl carbamates (subject to hydrolysis) is 1. The largest absolute Gasteiger partial charge is 0.450 e. The fourth-order valence-electron chi connectivity index (χ4n) is 2.64. The van der Waals surface area contributed by atoms with Gasteiger partial charge in [-0.3, -0.25) is 19.5 Å². The van der Waals surface area contributed by atoms with E-state index in [4.69, 9.17) is 16.3 Å². The highest BCUT2D eigenvalue weighted by molar-refractivity contribution is 7.99. The summed E-state index contributed by atoms with van der Waals surface area (Å²) in [6.07, 6.45) is -0.805. The van der Waals surface area contributed by atoms with Crippen LogP contribution in [0.2, 0.25) is 5.02 Å². The van der Waals surface area contributed by atoms with Crippen molar-refractivity contribution in [3.05, 3.63) is 50.1 Å². The van der Waals surface area contributed by atoms with Crippen LogP contribution in [0.15, 0.2) is 34.2 Å². The van der Waals surface area contributed by atoms with E-state index < -0.39 is 12.0 Å². The van der Waals surface area contributed by atoms with Crippen molar-refractivity contribution >= 4 is 56.9 Å². The molecule has 0 aliphatic rings. The topological polar surface area (TPSA) is 90.3 Å². The first-order valence-electron chi connectivity index (χ1n) is 8.70. The van der Waals surface area contributed by atoms with E-state index in [1.54, 1.807) is 31.2 Å². The van der Waals surface area contributed by atoms with E-state index in [2.05, 4.69) is 10.3 Å². The van der Waals surface area contributed by atoms with E-state index in [0.29, 0.717) is 26.1 Å². The normalized spacial score (nSPS) is 10.9. The third kappa shape index (κ3) is 4.63. The van der Waals surface area contributed by atoms with E-state index in [1.165, 1.54) is 15.9 Å². The number of imide groups is 1. The number of benzene rings is 1. The fraction of sp³-hybridized carbons (Fsp3) is 0.263. The summed E-state index contributed by atoms with van der Waals surface area (Å²) in [5.74, 6) is -0.641. The van der Waals surface area contributed by atoms with Gasteiger partial charge in [0.15, 0.2) is 5.16 Å². The molecule has 0 bridgehead atoms. The molecule has 3 aromatic rings. The lowest BCUT2D eigenvalue weighted by Gasteiger charge is -2.12. The van der Waals surface area contributed by atoms with Crippen molar-refractivity contribution < 1.29 is 14.3 Å². The summed E-state index contributed by atoms with van der Waals surface area (Å²) in [7, 11) is 0. The van der Waals surface area contributed by atoms with Crippen LogP contribution >= 0.6 is 34.7 Å². The minimum absolute atomic E-state index is 0.103. The van der Waals surface area contributed by atoms with E-state index in [1.807, 2.05) is 13.8 Å². The molecule has 0 unspecified atom stereocenters. The maximum absolute atomic E-state index is 13.3. The number of carbonyl (C=O) groups excluding carboxylic acids is 2. The number of hydrogen-bond donors (Lipinski definition) is 1. The third-order valence-corrected chi connectivity index (χ3v) is 6.40. The molecule has 2 amide bonds. The number of rotatable bonds is 5. The number of thiophene rings is 1. The predicted molar refractivity (Wildman–Crippen MR) is 116 cm³/mol. The predicted octanol–water partition coefficient (Wildman–Crippen LogP) is 4.08. The van der Waals surface area contributed by atoms with Gasteiger partial charge in [-0.1, -0.05) is 23.4 Å². The van der Waals surface area contributed by atoms with Crippen molar-refractivity contribution in [1.82, 2.24) is 14.9 Å². The number of fused-ring (bicyclic) bond motifs is 1. The summed E-state index contributed by atoms with van der Waals surface area (Å²) in [6, 6.07) is 6.80. The molecule has 0 radical (unpaired) electrons. The molecule has 0 fully saturated rings. The van der Waals surface area contributed by atoms with Crippen LogP contribution in [0.25, 0.3) is 15.9 Å². The smallest absolute Gasteiger partial charge is 0.413 e. The Balaban J connectivity index is 2.02. The maximum atomic E-state index is 13.3. The summed E-state index contributed by atoms with van der Waals surface area (Å²) in [4.78, 5) is 43.0. The van der Waals surface area contributed by atoms with Crippen molar-refractivity contribution in [3.8, 4) is 5.69 Å². The Kier molecular flexibility index (Phi) is 6.61. The standard InChI is InChI=1S/C19H18ClN3O4S2/c1-4-27-19(26)21-14(24)9-28-18-22-16-15(10(2)11(3)29-16)17(25)23(18)13-7-5-12(20)6-8-13/h5-8H,4,9H2,1-3H3,(H,21,24,26). The summed E-state index contributed by atoms with van der Waals surface area (Å²) in [5, 5.41) is 3.58. The number of thioether (sulfide) groups is 1. The number of ether oxygens (including phenoxy) is 1. The second-order valence-electron chi connectivity index (χ2n) is 6.03. The van der Waals surface area contributed by atoms with E-state index in [0.717, 1.165) is 22.2 Å². The van der Waals surface area contributed by atoms with Crippen LogP contribution in [0, 0.1) is 13.8 Å². The number of carbonyl (C=O) groups is 2. The van der Waals surface area contributed by atoms with Crippen molar-refractivity contribution in [2.45, 2.75) is 25.9 Å². The molecule has 1 N–H and O–H groups in total. The van der Waals surface area contributed by atoms with E-state index >= 15 is 0 Å². The van der Waals surface area contributed by atoms with Crippen LogP contribution in [-0.4, -0.2) is 33.9 Å². The van der Waals surface area contributed by atoms with Gasteiger partial charge in [-0.05, 0) is 50.6 Å². The van der Waals surface area contributed by atoms with Crippen molar-refractivity contribution in [2.24, 2.45) is 0 Å². The lowest BCUT2D eigenvalue weighted by molar-refractivity contribution is -0.117. The summed E-state index contributed by atoms with van der Waals surface area (Å²) in [6.45, 7) is 5.64. The molecule has 0 atom stereocenters. The lowest BCUT2D eigenvalue weighted by atomic mass is 10.2. The first-order valence-corrected chi connectivity index (χ1v) is 10.9. The summed E-state index contributed by atoms with van der Waals surface area (Å²) < 4.78 is 6.16. The molecule has 3 rings (SSSR count). The number of aromatic nitrogens is 2. The number of aryl methyl sites for hydroxylation is 2. The van der Waals surface area contributed by atoms with Gasteiger partial charge in [0, 0.05) is 9.90 Å². The molecule has 2 heterocycles. The average molecular weight is 452 g/mol. The number of hydrogen-bond acceptors (Lipinski definition) is 7. The molecule has 1 aromatic carbocycles. The Hall–Kier alpha value is -2.36. The molecule has 0 aliphatic heterocycles. The Labute approximate surface area is 180 Å². The Bertz CT molecular complexity index is 1140. The van der Waals surface area contributed by atoms with Crippen molar-refractivity contribution in [2.75, 3.05) is 12.4 Å². The Morgan fingerprint density at radius 3 is 2.62 bits per heavy atom. The van der Waals surface area contributed by atoms with Crippen LogP contribution in [0.4, 0.5) is 4.79 Å². The molecule has 0 saturated heterocycles. The van der Waals surface area contributed by atoms with Gasteiger partial charge in [0.2, 0.25) is 5.91 Å². The lowest BCUT2D eigenvalue weighted by Crippen LogP contribution is -2.32. The maximum Gasteiger partial charge on any atom is 0.413 e. The van der Waals surface area contributed by atoms with Crippen LogP contribution in [0.3, 0.4) is 0 Å². The number of nitrogens with one attached hydrogen (secondary N) is 1. The minimum Gasteiger partial charge on any atom is -0.450 e. The Morgan fingerprint density at radius 2 is 1.97 bits per heavy atom. The van der Waals surface area contributed by atoms with Crippen LogP contribution in [0.5, 0.6) is 0 Å². The fourth-order valence-corrected chi connectivity index (χ4v) is 4.65. The Morgan fingerprint density at radius 1 is 1.28 bits per heavy atom. The average Bonchev–Trinajstić information content (AvgIpc) is 2.95. The van der Waals surface area contributed by atoms with Crippen LogP contribution < -0.4 is 10.9 Å². The highest BCUT2D eigenvalue weighted by Crippen LogP contribution is 2.29. The monoisotopic (exact) mass is 451 g/mol. The molecule has 152 valence electrons. The quantitative estimate of drug-likeness (QED) is 0.464. The minimum atomic E-state index is -0.805. The molecule has 2 aromatic heterocycles. The molecule has 0 saturated carbocycles. The molecule has 10 heteroatoms. The van der Waals surface area contributed by atoms with Gasteiger partial charge in [0.25, 0.3) is 5.56 Å². The van der Waals surface area contributed by atoms with E-state index in [-0.39, 0.29) is 17.9 Å². The van der Waals surface area contributed by atoms with Crippen LogP contribution in [0.1, 0.15) is 17.4 Å². The van der Waals surface area contributed by atoms with Gasteiger partial charge in [-0.15, -0.1) is 11.3 Å². The van der Waals surface area contributed by atoms with Crippen LogP contribution in [-0.2, 0) is 9.53 Å². The summed E-state index contributed by atoms with van der Waals surface area (Å²) in [5.41, 5.74) is 1.26. The number of nitrogens with zero attached hydrogens (tertiary/aromatic N) is 2. The SMILES string of the molecule is CCOC(=O)NC(=O)CSc1nc2sc(C)c(C)c2c(=O)n1-c1ccc(Cl)cc1. The molecule has 7 nitrogen and oxygen atoms in total. The first kappa shape index (κ1) is 21.4. The highest BCUT2D eigenvalue weighted by Gasteiger charge is 2.19. The van der Waals surface area contributed by atoms with Crippen molar-refractivity contribution in [3.63, 3.8) is 0 Å². The van der Waals surface area contributed by atoms with Gasteiger partial charge in [-0.25, -0.2) is 9.78 Å². The third-order valence-electron chi connectivity index (χ3n) is 4.11. The molecule has 29 heavy (non-hydrogen) atoms. The molecule has 0 spiro atoms. The number of halogens is 1. The van der Waals surface area contributed by atoms with Gasteiger partial charge in [-0.2, -0.15) is 0 Å². The van der Waals surface area contributed by atoms with E-state index in [9.17, 15) is 14.4 Å². The zero-order valence-corrected chi connectivity index (χ0v) is 18.3. The molecule has 0 aliphatic carbocycles. The van der Waals surface area contributed by atoms with Gasteiger partial charge < -0.3 is 4.74 Å². The summed E-state index contributed by atoms with van der Waals surface area (Å²) >= 11 is 8.47. The van der Waals surface area contributed by atoms with Gasteiger partial charge >= 0.3 is 6.09 Å². The second kappa shape index (κ2) is 8.98. The van der Waals surface area contributed by atoms with Gasteiger partial charge in [0.05, 0.1) is 23.4 Å². The van der Waals surface area contributed by atoms with Crippen molar-refractivity contribution in [1.29, 1.82) is 0 Å².